The molecule has 0 unspecified atom stereocenters. The summed E-state index contributed by atoms with van der Waals surface area (Å²) in [6.07, 6.45) is -0.949. The van der Waals surface area contributed by atoms with E-state index in [0.717, 1.165) is 10.6 Å². The van der Waals surface area contributed by atoms with Crippen molar-refractivity contribution in [3.8, 4) is 5.75 Å². The molecule has 0 spiro atoms. The van der Waals surface area contributed by atoms with E-state index in [2.05, 4.69) is 5.32 Å². The topological polar surface area (TPSA) is 84.9 Å². The zero-order chi connectivity index (χ0) is 20.8. The number of carbonyl (C=O) groups is 3. The molecule has 0 aromatic heterocycles. The zero-order valence-corrected chi connectivity index (χ0v) is 17.0. The minimum atomic E-state index is -0.954. The van der Waals surface area contributed by atoms with Gasteiger partial charge in [-0.15, -0.1) is 11.8 Å². The molecule has 0 saturated carbocycles. The van der Waals surface area contributed by atoms with Gasteiger partial charge in [-0.3, -0.25) is 14.4 Å². The summed E-state index contributed by atoms with van der Waals surface area (Å²) in [6.45, 7) is 1.72. The number of amides is 2. The summed E-state index contributed by atoms with van der Waals surface area (Å²) in [5, 5.41) is 2.68. The van der Waals surface area contributed by atoms with Gasteiger partial charge in [-0.05, 0) is 43.3 Å². The summed E-state index contributed by atoms with van der Waals surface area (Å²) in [4.78, 5) is 39.3. The van der Waals surface area contributed by atoms with Gasteiger partial charge in [-0.25, -0.2) is 0 Å². The van der Waals surface area contributed by atoms with Gasteiger partial charge in [0.2, 0.25) is 5.91 Å². The fourth-order valence-corrected chi connectivity index (χ4v) is 3.77. The lowest BCUT2D eigenvalue weighted by Crippen LogP contribution is -2.38. The molecule has 0 saturated heterocycles. The number of hydrogen-bond donors (Lipinski definition) is 1. The van der Waals surface area contributed by atoms with Crippen LogP contribution in [-0.4, -0.2) is 43.3 Å². The highest BCUT2D eigenvalue weighted by Crippen LogP contribution is 2.34. The van der Waals surface area contributed by atoms with Crippen molar-refractivity contribution in [2.24, 2.45) is 0 Å². The predicted molar refractivity (Wildman–Crippen MR) is 111 cm³/mol. The van der Waals surface area contributed by atoms with Gasteiger partial charge in [0.05, 0.1) is 25.0 Å². The highest BCUT2D eigenvalue weighted by Gasteiger charge is 2.25. The van der Waals surface area contributed by atoms with Crippen LogP contribution < -0.4 is 15.0 Å². The maximum Gasteiger partial charge on any atom is 0.308 e. The summed E-state index contributed by atoms with van der Waals surface area (Å²) < 4.78 is 10.3. The number of thioether (sulfide) groups is 1. The molecule has 1 heterocycles. The van der Waals surface area contributed by atoms with Crippen molar-refractivity contribution >= 4 is 40.9 Å². The molecule has 152 valence electrons. The molecular formula is C21H22N2O5S. The van der Waals surface area contributed by atoms with Crippen LogP contribution in [0.1, 0.15) is 13.3 Å². The first-order chi connectivity index (χ1) is 14.0. The molecular weight excluding hydrogens is 392 g/mol. The van der Waals surface area contributed by atoms with E-state index in [1.54, 1.807) is 36.3 Å². The summed E-state index contributed by atoms with van der Waals surface area (Å²) in [7, 11) is 1.56. The summed E-state index contributed by atoms with van der Waals surface area (Å²) >= 11 is 1.48. The first-order valence-electron chi connectivity index (χ1n) is 9.14. The Hall–Kier alpha value is -3.00. The standard InChI is InChI=1S/C21H22N2O5S/c1-14(21(26)22-15-7-9-16(27-2)10-8-15)28-20(25)11-12-23-17-5-3-4-6-18(17)29-13-19(23)24/h3-10,14H,11-13H2,1-2H3,(H,22,26)/t14-/m1/s1. The number of hydrogen-bond acceptors (Lipinski definition) is 6. The quantitative estimate of drug-likeness (QED) is 0.701. The van der Waals surface area contributed by atoms with Gasteiger partial charge in [-0.2, -0.15) is 0 Å². The third-order valence-corrected chi connectivity index (χ3v) is 5.43. The third-order valence-electron chi connectivity index (χ3n) is 4.38. The van der Waals surface area contributed by atoms with Crippen molar-refractivity contribution in [2.45, 2.75) is 24.3 Å². The van der Waals surface area contributed by atoms with E-state index in [1.807, 2.05) is 24.3 Å². The Kier molecular flexibility index (Phi) is 6.77. The molecule has 8 heteroatoms. The first-order valence-corrected chi connectivity index (χ1v) is 10.1. The van der Waals surface area contributed by atoms with E-state index in [1.165, 1.54) is 18.7 Å². The van der Waals surface area contributed by atoms with Gasteiger partial charge >= 0.3 is 5.97 Å². The average molecular weight is 414 g/mol. The molecule has 0 fully saturated rings. The molecule has 2 amide bonds. The smallest absolute Gasteiger partial charge is 0.308 e. The minimum absolute atomic E-state index is 0.00486. The molecule has 1 N–H and O–H groups in total. The summed E-state index contributed by atoms with van der Waals surface area (Å²) in [5.41, 5.74) is 1.37. The predicted octanol–water partition coefficient (Wildman–Crippen LogP) is 3.09. The number of ether oxygens (including phenoxy) is 2. The zero-order valence-electron chi connectivity index (χ0n) is 16.2. The van der Waals surface area contributed by atoms with E-state index < -0.39 is 18.0 Å². The molecule has 3 rings (SSSR count). The van der Waals surface area contributed by atoms with Gasteiger partial charge in [0.15, 0.2) is 6.10 Å². The normalized spacial score (nSPS) is 14.0. The van der Waals surface area contributed by atoms with E-state index in [0.29, 0.717) is 17.2 Å². The Balaban J connectivity index is 1.51. The van der Waals surface area contributed by atoms with Crippen LogP contribution in [0.3, 0.4) is 0 Å². The van der Waals surface area contributed by atoms with Crippen molar-refractivity contribution in [3.05, 3.63) is 48.5 Å². The number of benzene rings is 2. The lowest BCUT2D eigenvalue weighted by molar-refractivity contribution is -0.152. The molecule has 7 nitrogen and oxygen atoms in total. The molecule has 0 radical (unpaired) electrons. The van der Waals surface area contributed by atoms with E-state index in [4.69, 9.17) is 9.47 Å². The summed E-state index contributed by atoms with van der Waals surface area (Å²) in [5.74, 6) is -0.00100. The monoisotopic (exact) mass is 414 g/mol. The molecule has 2 aromatic carbocycles. The van der Waals surface area contributed by atoms with Crippen molar-refractivity contribution in [3.63, 3.8) is 0 Å². The number of para-hydroxylation sites is 1. The largest absolute Gasteiger partial charge is 0.497 e. The maximum absolute atomic E-state index is 12.2. The lowest BCUT2D eigenvalue weighted by Gasteiger charge is -2.28. The molecule has 1 aliphatic rings. The van der Waals surface area contributed by atoms with Crippen molar-refractivity contribution in [2.75, 3.05) is 29.6 Å². The molecule has 1 aliphatic heterocycles. The van der Waals surface area contributed by atoms with Gasteiger partial charge in [0.1, 0.15) is 5.75 Å². The minimum Gasteiger partial charge on any atom is -0.497 e. The third kappa shape index (κ3) is 5.29. The number of rotatable bonds is 7. The van der Waals surface area contributed by atoms with Crippen LogP contribution in [0.15, 0.2) is 53.4 Å². The number of carbonyl (C=O) groups excluding carboxylic acids is 3. The van der Waals surface area contributed by atoms with E-state index >= 15 is 0 Å². The fourth-order valence-electron chi connectivity index (χ4n) is 2.83. The van der Waals surface area contributed by atoms with Crippen LogP contribution in [-0.2, 0) is 19.1 Å². The number of fused-ring (bicyclic) bond motifs is 1. The van der Waals surface area contributed by atoms with Crippen LogP contribution in [0.5, 0.6) is 5.75 Å². The van der Waals surface area contributed by atoms with Crippen molar-refractivity contribution in [1.29, 1.82) is 0 Å². The van der Waals surface area contributed by atoms with Gasteiger partial charge in [0.25, 0.3) is 5.91 Å². The van der Waals surface area contributed by atoms with E-state index in [9.17, 15) is 14.4 Å². The molecule has 2 aromatic rings. The molecule has 1 atom stereocenters. The Labute approximate surface area is 173 Å². The number of anilines is 2. The van der Waals surface area contributed by atoms with Crippen molar-refractivity contribution < 1.29 is 23.9 Å². The second-order valence-electron chi connectivity index (χ2n) is 6.40. The summed E-state index contributed by atoms with van der Waals surface area (Å²) in [6, 6.07) is 14.4. The highest BCUT2D eigenvalue weighted by atomic mass is 32.2. The Bertz CT molecular complexity index is 900. The van der Waals surface area contributed by atoms with Crippen LogP contribution >= 0.6 is 11.8 Å². The van der Waals surface area contributed by atoms with Crippen LogP contribution in [0.25, 0.3) is 0 Å². The SMILES string of the molecule is COc1ccc(NC(=O)[C@@H](C)OC(=O)CCN2C(=O)CSc3ccccc32)cc1. The number of esters is 1. The first kappa shape index (κ1) is 20.7. The van der Waals surface area contributed by atoms with Crippen LogP contribution in [0, 0.1) is 0 Å². The van der Waals surface area contributed by atoms with Gasteiger partial charge in [0, 0.05) is 17.1 Å². The average Bonchev–Trinajstić information content (AvgIpc) is 2.73. The molecule has 0 aliphatic carbocycles. The highest BCUT2D eigenvalue weighted by molar-refractivity contribution is 8.00. The fraction of sp³-hybridized carbons (Fsp3) is 0.286. The second-order valence-corrected chi connectivity index (χ2v) is 7.42. The van der Waals surface area contributed by atoms with Gasteiger partial charge < -0.3 is 19.7 Å². The van der Waals surface area contributed by atoms with Crippen LogP contribution in [0.4, 0.5) is 11.4 Å². The number of methoxy groups -OCH3 is 1. The van der Waals surface area contributed by atoms with Crippen molar-refractivity contribution in [1.82, 2.24) is 0 Å². The van der Waals surface area contributed by atoms with E-state index in [-0.39, 0.29) is 18.9 Å². The number of nitrogens with one attached hydrogen (secondary N) is 1. The molecule has 0 bridgehead atoms. The lowest BCUT2D eigenvalue weighted by atomic mass is 10.2. The second kappa shape index (κ2) is 9.47. The van der Waals surface area contributed by atoms with Crippen LogP contribution in [0.2, 0.25) is 0 Å². The van der Waals surface area contributed by atoms with Gasteiger partial charge in [-0.1, -0.05) is 12.1 Å². The number of nitrogens with zero attached hydrogens (tertiary/aromatic N) is 1. The Morgan fingerprint density at radius 3 is 2.62 bits per heavy atom. The Morgan fingerprint density at radius 2 is 1.90 bits per heavy atom. The maximum atomic E-state index is 12.2. The Morgan fingerprint density at radius 1 is 1.17 bits per heavy atom. The molecule has 29 heavy (non-hydrogen) atoms.